The Balaban J connectivity index is 3.31. The first-order chi connectivity index (χ1) is 5.52. The topological polar surface area (TPSA) is 37.3 Å². The summed E-state index contributed by atoms with van der Waals surface area (Å²) in [6.07, 6.45) is 0. The van der Waals surface area contributed by atoms with Gasteiger partial charge >= 0.3 is 5.97 Å². The average molecular weight is 359 g/mol. The first-order valence-corrected chi connectivity index (χ1v) is 5.28. The average Bonchev–Trinajstić information content (AvgIpc) is 1.99. The molecule has 0 radical (unpaired) electrons. The monoisotopic (exact) mass is 356 g/mol. The van der Waals surface area contributed by atoms with Gasteiger partial charge in [-0.2, -0.15) is 0 Å². The van der Waals surface area contributed by atoms with Crippen molar-refractivity contribution in [2.45, 2.75) is 0 Å². The van der Waals surface area contributed by atoms with Crippen molar-refractivity contribution >= 4 is 53.8 Å². The van der Waals surface area contributed by atoms with Gasteiger partial charge in [-0.15, -0.1) is 0 Å². The van der Waals surface area contributed by atoms with E-state index in [0.29, 0.717) is 8.95 Å². The van der Waals surface area contributed by atoms with Gasteiger partial charge in [0.05, 0.1) is 5.56 Å². The normalized spacial score (nSPS) is 9.92. The Morgan fingerprint density at radius 1 is 1.17 bits per heavy atom. The third-order valence-electron chi connectivity index (χ3n) is 1.23. The third kappa shape index (κ3) is 2.08. The number of aromatic carboxylic acids is 1. The predicted molar refractivity (Wildman–Crippen MR) is 56.5 cm³/mol. The molecular weight excluding hydrogens is 356 g/mol. The molecule has 0 aliphatic rings. The van der Waals surface area contributed by atoms with E-state index in [0.717, 1.165) is 4.47 Å². The number of carbonyl (C=O) groups is 1. The highest BCUT2D eigenvalue weighted by Gasteiger charge is 2.08. The van der Waals surface area contributed by atoms with Crippen LogP contribution in [0.3, 0.4) is 0 Å². The second-order valence-corrected chi connectivity index (χ2v) is 4.56. The number of halogens is 3. The van der Waals surface area contributed by atoms with Crippen molar-refractivity contribution in [2.75, 3.05) is 0 Å². The molecule has 1 aromatic carbocycles. The molecule has 0 spiro atoms. The summed E-state index contributed by atoms with van der Waals surface area (Å²) in [7, 11) is 0. The molecule has 0 amide bonds. The van der Waals surface area contributed by atoms with Gasteiger partial charge in [-0.05, 0) is 59.9 Å². The summed E-state index contributed by atoms with van der Waals surface area (Å²) in [6.45, 7) is 0. The molecule has 64 valence electrons. The maximum atomic E-state index is 10.6. The zero-order valence-corrected chi connectivity index (χ0v) is 10.4. The molecule has 1 aromatic rings. The van der Waals surface area contributed by atoms with E-state index in [1.54, 1.807) is 0 Å². The van der Waals surface area contributed by atoms with Crippen LogP contribution in [0.4, 0.5) is 0 Å². The zero-order chi connectivity index (χ0) is 9.30. The molecule has 12 heavy (non-hydrogen) atoms. The zero-order valence-electron chi connectivity index (χ0n) is 5.64. The highest BCUT2D eigenvalue weighted by molar-refractivity contribution is 9.14. The lowest BCUT2D eigenvalue weighted by Gasteiger charge is -2.01. The van der Waals surface area contributed by atoms with Crippen molar-refractivity contribution in [1.29, 1.82) is 0 Å². The number of benzene rings is 1. The largest absolute Gasteiger partial charge is 0.478 e. The predicted octanol–water partition coefficient (Wildman–Crippen LogP) is 3.67. The fourth-order valence-corrected chi connectivity index (χ4v) is 2.09. The summed E-state index contributed by atoms with van der Waals surface area (Å²) >= 11 is 9.73. The molecule has 0 bridgehead atoms. The molecule has 1 rings (SSSR count). The molecule has 0 fully saturated rings. The molecule has 0 saturated heterocycles. The van der Waals surface area contributed by atoms with Crippen LogP contribution in [0.1, 0.15) is 10.4 Å². The van der Waals surface area contributed by atoms with Crippen LogP contribution in [0.5, 0.6) is 0 Å². The Hall–Kier alpha value is 0.130. The SMILES string of the molecule is O=C(O)c1cc(Br)c(Br)c(Br)c1. The van der Waals surface area contributed by atoms with Gasteiger partial charge < -0.3 is 5.11 Å². The molecule has 1 N–H and O–H groups in total. The van der Waals surface area contributed by atoms with Crippen LogP contribution >= 0.6 is 47.8 Å². The van der Waals surface area contributed by atoms with Crippen molar-refractivity contribution in [3.05, 3.63) is 31.1 Å². The Kier molecular flexibility index (Phi) is 3.31. The molecule has 5 heteroatoms. The van der Waals surface area contributed by atoms with Gasteiger partial charge in [0.2, 0.25) is 0 Å². The molecule has 2 nitrogen and oxygen atoms in total. The molecule has 0 heterocycles. The fraction of sp³-hybridized carbons (Fsp3) is 0. The van der Waals surface area contributed by atoms with E-state index < -0.39 is 5.97 Å². The number of hydrogen-bond donors (Lipinski definition) is 1. The lowest BCUT2D eigenvalue weighted by Crippen LogP contribution is -1.96. The van der Waals surface area contributed by atoms with Gasteiger partial charge in [0.25, 0.3) is 0 Å². The maximum Gasteiger partial charge on any atom is 0.335 e. The van der Waals surface area contributed by atoms with Crippen molar-refractivity contribution in [2.24, 2.45) is 0 Å². The van der Waals surface area contributed by atoms with E-state index >= 15 is 0 Å². The molecule has 0 aromatic heterocycles. The van der Waals surface area contributed by atoms with Crippen LogP contribution in [0.2, 0.25) is 0 Å². The van der Waals surface area contributed by atoms with Crippen LogP contribution < -0.4 is 0 Å². The van der Waals surface area contributed by atoms with E-state index in [2.05, 4.69) is 47.8 Å². The Bertz CT molecular complexity index is 312. The van der Waals surface area contributed by atoms with E-state index in [1.807, 2.05) is 0 Å². The Labute approximate surface area is 94.4 Å². The minimum absolute atomic E-state index is 0.247. The van der Waals surface area contributed by atoms with Gasteiger partial charge in [0.1, 0.15) is 0 Å². The van der Waals surface area contributed by atoms with Crippen LogP contribution in [0.25, 0.3) is 0 Å². The van der Waals surface area contributed by atoms with Gasteiger partial charge in [-0.1, -0.05) is 0 Å². The summed E-state index contributed by atoms with van der Waals surface area (Å²) in [6, 6.07) is 3.08. The first-order valence-electron chi connectivity index (χ1n) is 2.90. The van der Waals surface area contributed by atoms with Crippen molar-refractivity contribution in [3.63, 3.8) is 0 Å². The lowest BCUT2D eigenvalue weighted by molar-refractivity contribution is 0.0696. The molecular formula is C7H3Br3O2. The smallest absolute Gasteiger partial charge is 0.335 e. The highest BCUT2D eigenvalue weighted by atomic mass is 79.9. The first kappa shape index (κ1) is 10.2. The molecule has 0 aliphatic heterocycles. The van der Waals surface area contributed by atoms with E-state index in [9.17, 15) is 4.79 Å². The minimum Gasteiger partial charge on any atom is -0.478 e. The molecule has 0 aliphatic carbocycles. The second kappa shape index (κ2) is 3.89. The molecule has 0 atom stereocenters. The van der Waals surface area contributed by atoms with Crippen molar-refractivity contribution < 1.29 is 9.90 Å². The summed E-state index contributed by atoms with van der Waals surface area (Å²) in [4.78, 5) is 10.6. The van der Waals surface area contributed by atoms with Crippen LogP contribution in [-0.4, -0.2) is 11.1 Å². The summed E-state index contributed by atoms with van der Waals surface area (Å²) in [5.41, 5.74) is 0.247. The fourth-order valence-electron chi connectivity index (χ4n) is 0.679. The van der Waals surface area contributed by atoms with Crippen LogP contribution in [-0.2, 0) is 0 Å². The van der Waals surface area contributed by atoms with Gasteiger partial charge in [-0.25, -0.2) is 4.79 Å². The van der Waals surface area contributed by atoms with Gasteiger partial charge in [-0.3, -0.25) is 0 Å². The molecule has 0 unspecified atom stereocenters. The summed E-state index contributed by atoms with van der Waals surface area (Å²) < 4.78 is 2.25. The third-order valence-corrected chi connectivity index (χ3v) is 4.40. The summed E-state index contributed by atoms with van der Waals surface area (Å²) in [5, 5.41) is 8.67. The van der Waals surface area contributed by atoms with Crippen LogP contribution in [0.15, 0.2) is 25.6 Å². The van der Waals surface area contributed by atoms with E-state index in [4.69, 9.17) is 5.11 Å². The van der Waals surface area contributed by atoms with Crippen LogP contribution in [0, 0.1) is 0 Å². The van der Waals surface area contributed by atoms with Crippen molar-refractivity contribution in [1.82, 2.24) is 0 Å². The maximum absolute atomic E-state index is 10.6. The second-order valence-electron chi connectivity index (χ2n) is 2.06. The van der Waals surface area contributed by atoms with Crippen molar-refractivity contribution in [3.8, 4) is 0 Å². The molecule has 0 saturated carbocycles. The number of carboxylic acid groups (broad SMARTS) is 1. The van der Waals surface area contributed by atoms with Gasteiger partial charge in [0.15, 0.2) is 0 Å². The summed E-state index contributed by atoms with van der Waals surface area (Å²) in [5.74, 6) is -0.941. The van der Waals surface area contributed by atoms with E-state index in [-0.39, 0.29) is 5.56 Å². The quantitative estimate of drug-likeness (QED) is 0.778. The standard InChI is InChI=1S/C7H3Br3O2/c8-4-1-3(7(11)12)2-5(9)6(4)10/h1-2H,(H,11,12). The highest BCUT2D eigenvalue weighted by Crippen LogP contribution is 2.32. The number of carboxylic acids is 1. The van der Waals surface area contributed by atoms with E-state index in [1.165, 1.54) is 12.1 Å². The number of hydrogen-bond acceptors (Lipinski definition) is 1. The lowest BCUT2D eigenvalue weighted by atomic mass is 10.2. The minimum atomic E-state index is -0.941. The number of rotatable bonds is 1. The Morgan fingerprint density at radius 2 is 1.58 bits per heavy atom. The van der Waals surface area contributed by atoms with Gasteiger partial charge in [0, 0.05) is 13.4 Å². The Morgan fingerprint density at radius 3 is 1.92 bits per heavy atom.